The first-order chi connectivity index (χ1) is 13.4. The summed E-state index contributed by atoms with van der Waals surface area (Å²) in [6.45, 7) is 0.829. The van der Waals surface area contributed by atoms with Crippen molar-refractivity contribution in [2.75, 3.05) is 11.6 Å². The van der Waals surface area contributed by atoms with Crippen molar-refractivity contribution in [2.45, 2.75) is 43.2 Å². The van der Waals surface area contributed by atoms with Crippen molar-refractivity contribution in [3.05, 3.63) is 36.7 Å². The van der Waals surface area contributed by atoms with Gasteiger partial charge in [-0.2, -0.15) is 10.1 Å². The van der Waals surface area contributed by atoms with Gasteiger partial charge in [0.15, 0.2) is 15.5 Å². The van der Waals surface area contributed by atoms with Crippen LogP contribution >= 0.6 is 0 Å². The minimum atomic E-state index is -3.22. The molecule has 1 saturated carbocycles. The Morgan fingerprint density at radius 3 is 2.54 bits per heavy atom. The number of nitrogens with one attached hydrogen (secondary N) is 1. The molecule has 0 bridgehead atoms. The predicted molar refractivity (Wildman–Crippen MR) is 108 cm³/mol. The summed E-state index contributed by atoms with van der Waals surface area (Å²) in [6, 6.07) is 6.86. The quantitative estimate of drug-likeness (QED) is 0.676. The van der Waals surface area contributed by atoms with Gasteiger partial charge in [-0.25, -0.2) is 18.1 Å². The summed E-state index contributed by atoms with van der Waals surface area (Å²) in [5.41, 5.74) is 7.52. The molecule has 3 aromatic rings. The zero-order valence-corrected chi connectivity index (χ0v) is 16.6. The van der Waals surface area contributed by atoms with E-state index in [-0.39, 0.29) is 4.90 Å². The van der Waals surface area contributed by atoms with Gasteiger partial charge in [0.1, 0.15) is 0 Å². The Kier molecular flexibility index (Phi) is 5.03. The van der Waals surface area contributed by atoms with Crippen LogP contribution in [0.5, 0.6) is 0 Å². The first kappa shape index (κ1) is 18.8. The molecule has 0 radical (unpaired) electrons. The molecule has 1 aliphatic rings. The molecule has 1 aromatic carbocycles. The van der Waals surface area contributed by atoms with Gasteiger partial charge in [0.05, 0.1) is 16.5 Å². The molecular weight excluding hydrogens is 376 g/mol. The van der Waals surface area contributed by atoms with Crippen molar-refractivity contribution in [3.8, 4) is 0 Å². The Bertz CT molecular complexity index is 1070. The molecule has 4 rings (SSSR count). The molecule has 2 aromatic heterocycles. The van der Waals surface area contributed by atoms with E-state index < -0.39 is 9.84 Å². The summed E-state index contributed by atoms with van der Waals surface area (Å²) in [5, 5.41) is 8.50. The van der Waals surface area contributed by atoms with Crippen LogP contribution in [0.15, 0.2) is 41.6 Å². The number of nitrogens with two attached hydrogens (primary N) is 1. The number of benzene rings is 1. The number of sulfone groups is 1. The van der Waals surface area contributed by atoms with Crippen LogP contribution in [0.4, 0.5) is 11.6 Å². The molecule has 0 aliphatic heterocycles. The minimum Gasteiger partial charge on any atom is -0.328 e. The molecule has 1 aliphatic carbocycles. The fraction of sp³-hybridized carbons (Fsp3) is 0.421. The van der Waals surface area contributed by atoms with Crippen LogP contribution in [-0.2, 0) is 16.4 Å². The third kappa shape index (κ3) is 4.15. The number of hydrogen-bond acceptors (Lipinski definition) is 7. The van der Waals surface area contributed by atoms with Crippen LogP contribution in [-0.4, -0.2) is 40.5 Å². The van der Waals surface area contributed by atoms with Crippen LogP contribution in [0.1, 0.15) is 25.7 Å². The smallest absolute Gasteiger partial charge is 0.229 e. The van der Waals surface area contributed by atoms with E-state index in [2.05, 4.69) is 20.4 Å². The highest BCUT2D eigenvalue weighted by Gasteiger charge is 2.20. The monoisotopic (exact) mass is 400 g/mol. The van der Waals surface area contributed by atoms with Gasteiger partial charge in [-0.15, -0.1) is 0 Å². The molecule has 2 heterocycles. The molecule has 0 unspecified atom stereocenters. The molecule has 9 heteroatoms. The zero-order valence-electron chi connectivity index (χ0n) is 15.7. The van der Waals surface area contributed by atoms with Gasteiger partial charge in [0.2, 0.25) is 5.95 Å². The normalized spacial score (nSPS) is 20.4. The highest BCUT2D eigenvalue weighted by atomic mass is 32.2. The number of anilines is 2. The molecule has 0 atom stereocenters. The number of aromatic nitrogens is 4. The Morgan fingerprint density at radius 1 is 1.14 bits per heavy atom. The van der Waals surface area contributed by atoms with Gasteiger partial charge in [-0.1, -0.05) is 0 Å². The third-order valence-electron chi connectivity index (χ3n) is 5.24. The molecule has 0 saturated heterocycles. The molecule has 148 valence electrons. The summed E-state index contributed by atoms with van der Waals surface area (Å²) >= 11 is 0. The van der Waals surface area contributed by atoms with Gasteiger partial charge in [0.25, 0.3) is 0 Å². The van der Waals surface area contributed by atoms with Gasteiger partial charge < -0.3 is 11.1 Å². The fourth-order valence-electron chi connectivity index (χ4n) is 3.59. The first-order valence-corrected chi connectivity index (χ1v) is 11.3. The van der Waals surface area contributed by atoms with E-state index in [1.165, 1.54) is 6.26 Å². The summed E-state index contributed by atoms with van der Waals surface area (Å²) in [4.78, 5) is 9.23. The molecule has 0 spiro atoms. The van der Waals surface area contributed by atoms with Crippen molar-refractivity contribution in [1.29, 1.82) is 0 Å². The van der Waals surface area contributed by atoms with Crippen molar-refractivity contribution in [3.63, 3.8) is 0 Å². The van der Waals surface area contributed by atoms with Crippen molar-refractivity contribution < 1.29 is 8.42 Å². The molecule has 1 fully saturated rings. The van der Waals surface area contributed by atoms with Crippen LogP contribution in [0.25, 0.3) is 11.0 Å². The maximum absolute atomic E-state index is 11.6. The molecule has 8 nitrogen and oxygen atoms in total. The lowest BCUT2D eigenvalue weighted by Crippen LogP contribution is -2.28. The number of fused-ring (bicyclic) bond motifs is 1. The summed E-state index contributed by atoms with van der Waals surface area (Å²) < 4.78 is 25.1. The standard InChI is InChI=1S/C19H24N6O2S/c1-28(26,27)17-8-6-16(7-9-17)23-19-21-10-14-11-22-25(18(14)24-19)12-13-2-4-15(20)5-3-13/h6-11,13,15H,2-5,12,20H2,1H3,(H,21,23,24)/t13-,15-. The summed E-state index contributed by atoms with van der Waals surface area (Å²) in [7, 11) is -3.22. The van der Waals surface area contributed by atoms with E-state index in [0.717, 1.165) is 48.9 Å². The third-order valence-corrected chi connectivity index (χ3v) is 6.37. The molecule has 0 amide bonds. The SMILES string of the molecule is CS(=O)(=O)c1ccc(Nc2ncc3cnn(C[C@H]4CC[C@H](N)CC4)c3n2)cc1. The second-order valence-corrected chi connectivity index (χ2v) is 9.52. The van der Waals surface area contributed by atoms with Gasteiger partial charge >= 0.3 is 0 Å². The summed E-state index contributed by atoms with van der Waals surface area (Å²) in [5.74, 6) is 1.02. The van der Waals surface area contributed by atoms with E-state index in [0.29, 0.717) is 17.9 Å². The average Bonchev–Trinajstić information content (AvgIpc) is 3.05. The largest absolute Gasteiger partial charge is 0.328 e. The molecular formula is C19H24N6O2S. The zero-order chi connectivity index (χ0) is 19.7. The topological polar surface area (TPSA) is 116 Å². The van der Waals surface area contributed by atoms with Crippen molar-refractivity contribution in [1.82, 2.24) is 19.7 Å². The molecule has 3 N–H and O–H groups in total. The van der Waals surface area contributed by atoms with Crippen LogP contribution < -0.4 is 11.1 Å². The van der Waals surface area contributed by atoms with Crippen molar-refractivity contribution >= 4 is 32.5 Å². The van der Waals surface area contributed by atoms with E-state index in [4.69, 9.17) is 5.73 Å². The Hall–Kier alpha value is -2.52. The number of nitrogens with zero attached hydrogens (tertiary/aromatic N) is 4. The molecule has 28 heavy (non-hydrogen) atoms. The van der Waals surface area contributed by atoms with E-state index in [1.54, 1.807) is 36.7 Å². The number of hydrogen-bond donors (Lipinski definition) is 2. The Labute approximate surface area is 164 Å². The van der Waals surface area contributed by atoms with E-state index in [9.17, 15) is 8.42 Å². The van der Waals surface area contributed by atoms with Crippen LogP contribution in [0.3, 0.4) is 0 Å². The maximum Gasteiger partial charge on any atom is 0.229 e. The van der Waals surface area contributed by atoms with Gasteiger partial charge in [0, 0.05) is 30.7 Å². The second kappa shape index (κ2) is 7.48. The van der Waals surface area contributed by atoms with Crippen LogP contribution in [0.2, 0.25) is 0 Å². The van der Waals surface area contributed by atoms with E-state index in [1.807, 2.05) is 4.68 Å². The predicted octanol–water partition coefficient (Wildman–Crippen LogP) is 2.49. The minimum absolute atomic E-state index is 0.277. The van der Waals surface area contributed by atoms with Crippen molar-refractivity contribution in [2.24, 2.45) is 11.7 Å². The van der Waals surface area contributed by atoms with Crippen LogP contribution in [0, 0.1) is 5.92 Å². The highest BCUT2D eigenvalue weighted by Crippen LogP contribution is 2.26. The maximum atomic E-state index is 11.6. The van der Waals surface area contributed by atoms with E-state index >= 15 is 0 Å². The van der Waals surface area contributed by atoms with Gasteiger partial charge in [-0.3, -0.25) is 0 Å². The Balaban J connectivity index is 1.52. The average molecular weight is 401 g/mol. The highest BCUT2D eigenvalue weighted by molar-refractivity contribution is 7.90. The number of rotatable bonds is 5. The lowest BCUT2D eigenvalue weighted by molar-refractivity contribution is 0.288. The summed E-state index contributed by atoms with van der Waals surface area (Å²) in [6.07, 6.45) is 9.08. The lowest BCUT2D eigenvalue weighted by Gasteiger charge is -2.25. The lowest BCUT2D eigenvalue weighted by atomic mass is 9.86. The Morgan fingerprint density at radius 2 is 1.86 bits per heavy atom. The second-order valence-electron chi connectivity index (χ2n) is 7.50. The fourth-order valence-corrected chi connectivity index (χ4v) is 4.22. The first-order valence-electron chi connectivity index (χ1n) is 9.40. The van der Waals surface area contributed by atoms with Gasteiger partial charge in [-0.05, 0) is 55.9 Å².